The summed E-state index contributed by atoms with van der Waals surface area (Å²) < 4.78 is 2.19. The van der Waals surface area contributed by atoms with E-state index in [0.717, 1.165) is 53.3 Å². The van der Waals surface area contributed by atoms with Gasteiger partial charge in [-0.2, -0.15) is 0 Å². The molecule has 7 heteroatoms. The Bertz CT molecular complexity index is 1070. The van der Waals surface area contributed by atoms with E-state index in [0.29, 0.717) is 12.4 Å². The molecule has 7 nitrogen and oxygen atoms in total. The fourth-order valence-corrected chi connectivity index (χ4v) is 3.34. The van der Waals surface area contributed by atoms with E-state index >= 15 is 0 Å². The molecule has 0 saturated carbocycles. The maximum atomic E-state index is 4.74. The van der Waals surface area contributed by atoms with Crippen LogP contribution in [0.1, 0.15) is 18.1 Å². The zero-order valence-corrected chi connectivity index (χ0v) is 14.1. The molecule has 0 saturated heterocycles. The van der Waals surface area contributed by atoms with Crippen LogP contribution in [0.15, 0.2) is 48.8 Å². The number of nitrogens with one attached hydrogen (secondary N) is 1. The Hall–Kier alpha value is -3.35. The van der Waals surface area contributed by atoms with Gasteiger partial charge in [-0.15, -0.1) is 10.2 Å². The van der Waals surface area contributed by atoms with Gasteiger partial charge in [-0.25, -0.2) is 9.97 Å². The Morgan fingerprint density at radius 3 is 2.92 bits per heavy atom. The highest BCUT2D eigenvalue weighted by molar-refractivity contribution is 5.90. The van der Waals surface area contributed by atoms with E-state index in [2.05, 4.69) is 30.0 Å². The Kier molecular flexibility index (Phi) is 3.55. The van der Waals surface area contributed by atoms with Crippen LogP contribution in [0.25, 0.3) is 22.3 Å². The fourth-order valence-electron chi connectivity index (χ4n) is 3.34. The van der Waals surface area contributed by atoms with Gasteiger partial charge in [0.1, 0.15) is 11.6 Å². The molecule has 0 radical (unpaired) electrons. The number of fused-ring (bicyclic) bond motifs is 2. The molecule has 128 valence electrons. The maximum absolute atomic E-state index is 4.74. The number of hydrogen-bond donors (Lipinski definition) is 1. The van der Waals surface area contributed by atoms with E-state index in [4.69, 9.17) is 4.98 Å². The van der Waals surface area contributed by atoms with Crippen molar-refractivity contribution in [2.75, 3.05) is 5.32 Å². The van der Waals surface area contributed by atoms with Crippen molar-refractivity contribution in [3.63, 3.8) is 0 Å². The summed E-state index contributed by atoms with van der Waals surface area (Å²) in [5, 5.41) is 13.0. The zero-order valence-electron chi connectivity index (χ0n) is 14.1. The number of anilines is 1. The molecule has 3 aromatic heterocycles. The van der Waals surface area contributed by atoms with Crippen LogP contribution in [0.5, 0.6) is 0 Å². The first-order chi connectivity index (χ1) is 12.9. The second-order valence-electron chi connectivity index (χ2n) is 6.30. The molecule has 4 aromatic rings. The van der Waals surface area contributed by atoms with Crippen LogP contribution in [0, 0.1) is 0 Å². The van der Waals surface area contributed by atoms with Crippen LogP contribution >= 0.6 is 0 Å². The fraction of sp³-hybridized carbons (Fsp3) is 0.211. The molecule has 0 aliphatic carbocycles. The Balaban J connectivity index is 1.53. The molecular weight excluding hydrogens is 326 g/mol. The normalized spacial score (nSPS) is 13.1. The van der Waals surface area contributed by atoms with Gasteiger partial charge in [-0.05, 0) is 30.7 Å². The summed E-state index contributed by atoms with van der Waals surface area (Å²) in [6.07, 6.45) is 5.67. The zero-order chi connectivity index (χ0) is 17.3. The van der Waals surface area contributed by atoms with Gasteiger partial charge in [0.15, 0.2) is 11.6 Å². The van der Waals surface area contributed by atoms with E-state index in [9.17, 15) is 0 Å². The highest BCUT2D eigenvalue weighted by atomic mass is 15.3. The van der Waals surface area contributed by atoms with Crippen molar-refractivity contribution in [2.45, 2.75) is 25.9 Å². The van der Waals surface area contributed by atoms with Gasteiger partial charge in [0.2, 0.25) is 0 Å². The molecule has 1 N–H and O–H groups in total. The van der Waals surface area contributed by atoms with E-state index in [1.165, 1.54) is 0 Å². The average molecular weight is 343 g/mol. The molecular formula is C19H17N7. The first-order valence-corrected chi connectivity index (χ1v) is 8.70. The predicted octanol–water partition coefficient (Wildman–Crippen LogP) is 2.84. The number of benzene rings is 1. The number of aryl methyl sites for hydroxylation is 1. The van der Waals surface area contributed by atoms with Crippen LogP contribution < -0.4 is 5.32 Å². The largest absolute Gasteiger partial charge is 0.362 e. The number of para-hydroxylation sites is 1. The first kappa shape index (κ1) is 14.9. The molecule has 4 heterocycles. The number of hydrogen-bond acceptors (Lipinski definition) is 6. The minimum atomic E-state index is 0.584. The molecule has 1 aliphatic rings. The molecule has 0 unspecified atom stereocenters. The van der Waals surface area contributed by atoms with Crippen molar-refractivity contribution >= 4 is 16.7 Å². The Morgan fingerprint density at radius 1 is 1.04 bits per heavy atom. The topological polar surface area (TPSA) is 81.4 Å². The summed E-state index contributed by atoms with van der Waals surface area (Å²) >= 11 is 0. The number of aromatic nitrogens is 6. The van der Waals surface area contributed by atoms with E-state index < -0.39 is 0 Å². The molecule has 1 aliphatic heterocycles. The lowest BCUT2D eigenvalue weighted by atomic mass is 10.2. The molecule has 26 heavy (non-hydrogen) atoms. The summed E-state index contributed by atoms with van der Waals surface area (Å²) in [6.45, 7) is 1.57. The van der Waals surface area contributed by atoms with Crippen LogP contribution in [0.4, 0.5) is 5.82 Å². The van der Waals surface area contributed by atoms with E-state index in [1.54, 1.807) is 12.4 Å². The van der Waals surface area contributed by atoms with Gasteiger partial charge in [0.25, 0.3) is 0 Å². The number of rotatable bonds is 4. The van der Waals surface area contributed by atoms with Crippen molar-refractivity contribution in [3.05, 3.63) is 60.4 Å². The summed E-state index contributed by atoms with van der Waals surface area (Å²) in [5.41, 5.74) is 1.79. The minimum absolute atomic E-state index is 0.584. The summed E-state index contributed by atoms with van der Waals surface area (Å²) in [6, 6.07) is 11.9. The summed E-state index contributed by atoms with van der Waals surface area (Å²) in [7, 11) is 0. The van der Waals surface area contributed by atoms with Crippen LogP contribution in [0.2, 0.25) is 0 Å². The first-order valence-electron chi connectivity index (χ1n) is 8.70. The SMILES string of the molecule is c1cncc(-c2nc(NCc3nnc4n3CCC4)c3ccccc3n2)c1. The third kappa shape index (κ3) is 2.57. The number of pyridine rings is 1. The molecule has 0 fully saturated rings. The van der Waals surface area contributed by atoms with Gasteiger partial charge < -0.3 is 9.88 Å². The smallest absolute Gasteiger partial charge is 0.163 e. The minimum Gasteiger partial charge on any atom is -0.362 e. The Morgan fingerprint density at radius 2 is 2.00 bits per heavy atom. The highest BCUT2D eigenvalue weighted by Gasteiger charge is 2.17. The number of nitrogens with zero attached hydrogens (tertiary/aromatic N) is 6. The summed E-state index contributed by atoms with van der Waals surface area (Å²) in [4.78, 5) is 13.6. The standard InChI is InChI=1S/C19H17N7/c1-2-7-15-14(6-1)19(23-18(22-15)13-5-3-9-20-11-13)21-12-17-25-24-16-8-4-10-26(16)17/h1-3,5-7,9,11H,4,8,10,12H2,(H,21,22,23). The van der Waals surface area contributed by atoms with Crippen molar-refractivity contribution in [2.24, 2.45) is 0 Å². The third-order valence-electron chi connectivity index (χ3n) is 4.62. The van der Waals surface area contributed by atoms with Gasteiger partial charge in [0.05, 0.1) is 12.1 Å². The average Bonchev–Trinajstić information content (AvgIpc) is 3.31. The van der Waals surface area contributed by atoms with E-state index in [1.807, 2.05) is 36.4 Å². The lowest BCUT2D eigenvalue weighted by Gasteiger charge is -2.11. The monoisotopic (exact) mass is 343 g/mol. The quantitative estimate of drug-likeness (QED) is 0.614. The molecule has 0 amide bonds. The molecule has 5 rings (SSSR count). The molecule has 0 bridgehead atoms. The second-order valence-corrected chi connectivity index (χ2v) is 6.30. The van der Waals surface area contributed by atoms with Crippen molar-refractivity contribution in [1.82, 2.24) is 29.7 Å². The third-order valence-corrected chi connectivity index (χ3v) is 4.62. The van der Waals surface area contributed by atoms with Crippen LogP contribution in [-0.4, -0.2) is 29.7 Å². The van der Waals surface area contributed by atoms with Gasteiger partial charge in [-0.1, -0.05) is 12.1 Å². The molecule has 0 atom stereocenters. The maximum Gasteiger partial charge on any atom is 0.163 e. The highest BCUT2D eigenvalue weighted by Crippen LogP contribution is 2.25. The van der Waals surface area contributed by atoms with Crippen molar-refractivity contribution in [1.29, 1.82) is 0 Å². The van der Waals surface area contributed by atoms with E-state index in [-0.39, 0.29) is 0 Å². The van der Waals surface area contributed by atoms with Crippen molar-refractivity contribution < 1.29 is 0 Å². The molecule has 0 spiro atoms. The van der Waals surface area contributed by atoms with Crippen LogP contribution in [0.3, 0.4) is 0 Å². The lowest BCUT2D eigenvalue weighted by molar-refractivity contribution is 0.695. The van der Waals surface area contributed by atoms with Crippen LogP contribution in [-0.2, 0) is 19.5 Å². The second kappa shape index (κ2) is 6.18. The van der Waals surface area contributed by atoms with Gasteiger partial charge in [0, 0.05) is 36.3 Å². The van der Waals surface area contributed by atoms with Crippen molar-refractivity contribution in [3.8, 4) is 11.4 Å². The lowest BCUT2D eigenvalue weighted by Crippen LogP contribution is -2.09. The molecule has 1 aromatic carbocycles. The van der Waals surface area contributed by atoms with Gasteiger partial charge in [-0.3, -0.25) is 4.98 Å². The Labute approximate surface area is 150 Å². The predicted molar refractivity (Wildman–Crippen MR) is 98.4 cm³/mol. The van der Waals surface area contributed by atoms with Gasteiger partial charge >= 0.3 is 0 Å². The summed E-state index contributed by atoms with van der Waals surface area (Å²) in [5.74, 6) is 3.48.